The number of benzene rings is 2. The Labute approximate surface area is 161 Å². The van der Waals surface area contributed by atoms with Crippen LogP contribution in [0.15, 0.2) is 59.4 Å². The maximum absolute atomic E-state index is 12.3. The summed E-state index contributed by atoms with van der Waals surface area (Å²) in [6.45, 7) is 1.76. The van der Waals surface area contributed by atoms with E-state index in [2.05, 4.69) is 10.3 Å². The van der Waals surface area contributed by atoms with Gasteiger partial charge in [0.15, 0.2) is 6.10 Å². The van der Waals surface area contributed by atoms with Gasteiger partial charge in [0.2, 0.25) is 0 Å². The lowest BCUT2D eigenvalue weighted by atomic mass is 10.1. The van der Waals surface area contributed by atoms with Gasteiger partial charge in [-0.3, -0.25) is 9.59 Å². The van der Waals surface area contributed by atoms with Crippen molar-refractivity contribution < 1.29 is 19.1 Å². The summed E-state index contributed by atoms with van der Waals surface area (Å²) < 4.78 is 10.3. The number of aromatic nitrogens is 1. The predicted octanol–water partition coefficient (Wildman–Crippen LogP) is 2.40. The molecule has 0 fully saturated rings. The van der Waals surface area contributed by atoms with Gasteiger partial charge in [0.05, 0.1) is 7.11 Å². The van der Waals surface area contributed by atoms with Crippen LogP contribution >= 0.6 is 0 Å². The van der Waals surface area contributed by atoms with E-state index >= 15 is 0 Å². The Morgan fingerprint density at radius 1 is 1.11 bits per heavy atom. The second kappa shape index (κ2) is 8.39. The van der Waals surface area contributed by atoms with E-state index in [4.69, 9.17) is 9.47 Å². The van der Waals surface area contributed by atoms with E-state index in [0.717, 1.165) is 11.3 Å². The number of carbonyl (C=O) groups is 2. The molecule has 1 amide bonds. The molecule has 3 aromatic rings. The molecule has 1 atom stereocenters. The maximum atomic E-state index is 12.3. The highest BCUT2D eigenvalue weighted by Crippen LogP contribution is 2.12. The second-order valence-electron chi connectivity index (χ2n) is 6.21. The van der Waals surface area contributed by atoms with Crippen molar-refractivity contribution in [2.75, 3.05) is 7.11 Å². The fraction of sp³-hybridized carbons (Fsp3) is 0.190. The first-order valence-corrected chi connectivity index (χ1v) is 8.71. The number of fused-ring (bicyclic) bond motifs is 1. The largest absolute Gasteiger partial charge is 0.497 e. The molecule has 0 spiro atoms. The van der Waals surface area contributed by atoms with Gasteiger partial charge in [-0.15, -0.1) is 0 Å². The molecule has 1 aromatic heterocycles. The first kappa shape index (κ1) is 19.2. The highest BCUT2D eigenvalue weighted by atomic mass is 16.5. The molecule has 28 heavy (non-hydrogen) atoms. The zero-order valence-corrected chi connectivity index (χ0v) is 15.5. The van der Waals surface area contributed by atoms with Crippen molar-refractivity contribution in [1.82, 2.24) is 10.3 Å². The fourth-order valence-corrected chi connectivity index (χ4v) is 2.67. The summed E-state index contributed by atoms with van der Waals surface area (Å²) in [6, 6.07) is 15.7. The first-order chi connectivity index (χ1) is 13.5. The lowest BCUT2D eigenvalue weighted by Gasteiger charge is -2.14. The molecule has 0 aliphatic carbocycles. The number of aromatic amines is 1. The Kier molecular flexibility index (Phi) is 5.74. The number of esters is 1. The summed E-state index contributed by atoms with van der Waals surface area (Å²) in [5, 5.41) is 3.80. The molecule has 0 saturated carbocycles. The van der Waals surface area contributed by atoms with Crippen LogP contribution in [0, 0.1) is 0 Å². The fourth-order valence-electron chi connectivity index (χ4n) is 2.67. The first-order valence-electron chi connectivity index (χ1n) is 8.71. The van der Waals surface area contributed by atoms with E-state index in [9.17, 15) is 14.4 Å². The van der Waals surface area contributed by atoms with E-state index in [1.807, 2.05) is 12.1 Å². The molecular formula is C21H20N2O5. The lowest BCUT2D eigenvalue weighted by molar-refractivity contribution is -0.129. The van der Waals surface area contributed by atoms with Crippen molar-refractivity contribution in [1.29, 1.82) is 0 Å². The quantitative estimate of drug-likeness (QED) is 0.640. The molecule has 0 unspecified atom stereocenters. The van der Waals surface area contributed by atoms with Crippen LogP contribution in [-0.4, -0.2) is 30.1 Å². The van der Waals surface area contributed by atoms with E-state index in [1.165, 1.54) is 13.0 Å². The Bertz CT molecular complexity index is 1060. The normalized spacial score (nSPS) is 11.6. The van der Waals surface area contributed by atoms with Gasteiger partial charge in [0.1, 0.15) is 11.4 Å². The van der Waals surface area contributed by atoms with Gasteiger partial charge < -0.3 is 19.8 Å². The van der Waals surface area contributed by atoms with Crippen molar-refractivity contribution in [3.05, 3.63) is 76.2 Å². The number of nitrogens with one attached hydrogen (secondary N) is 2. The number of amides is 1. The van der Waals surface area contributed by atoms with Crippen LogP contribution in [0.5, 0.6) is 5.75 Å². The Morgan fingerprint density at radius 3 is 2.54 bits per heavy atom. The summed E-state index contributed by atoms with van der Waals surface area (Å²) in [4.78, 5) is 39.1. The number of hydrogen-bond acceptors (Lipinski definition) is 5. The minimum atomic E-state index is -1.01. The molecule has 7 nitrogen and oxygen atoms in total. The van der Waals surface area contributed by atoms with E-state index in [1.54, 1.807) is 43.5 Å². The minimum Gasteiger partial charge on any atom is -0.497 e. The molecule has 0 radical (unpaired) electrons. The zero-order chi connectivity index (χ0) is 20.1. The third-order valence-corrected chi connectivity index (χ3v) is 4.25. The monoisotopic (exact) mass is 380 g/mol. The van der Waals surface area contributed by atoms with Crippen molar-refractivity contribution in [2.45, 2.75) is 19.6 Å². The second-order valence-corrected chi connectivity index (χ2v) is 6.21. The molecular weight excluding hydrogens is 360 g/mol. The number of H-pyrrole nitrogens is 1. The molecule has 0 aliphatic rings. The number of ether oxygens (including phenoxy) is 2. The van der Waals surface area contributed by atoms with Crippen LogP contribution in [0.1, 0.15) is 23.0 Å². The molecule has 0 aliphatic heterocycles. The topological polar surface area (TPSA) is 97.5 Å². The molecule has 0 saturated heterocycles. The van der Waals surface area contributed by atoms with Crippen LogP contribution in [0.2, 0.25) is 0 Å². The van der Waals surface area contributed by atoms with Gasteiger partial charge >= 0.3 is 5.97 Å². The number of carbonyl (C=O) groups excluding carboxylic acids is 2. The molecule has 1 heterocycles. The van der Waals surface area contributed by atoms with Crippen LogP contribution in [0.25, 0.3) is 10.8 Å². The molecule has 3 rings (SSSR count). The van der Waals surface area contributed by atoms with Crippen LogP contribution in [0.4, 0.5) is 0 Å². The minimum absolute atomic E-state index is 0.00138. The Hall–Kier alpha value is -3.61. The average Bonchev–Trinajstić information content (AvgIpc) is 2.72. The number of methoxy groups -OCH3 is 1. The van der Waals surface area contributed by atoms with E-state index in [-0.39, 0.29) is 17.8 Å². The highest BCUT2D eigenvalue weighted by molar-refractivity contribution is 5.94. The number of rotatable bonds is 6. The summed E-state index contributed by atoms with van der Waals surface area (Å²) in [5.74, 6) is -0.482. The standard InChI is InChI=1S/C21H20N2O5/c1-13(19(24)22-12-14-7-9-16(27-2)10-8-14)28-21(26)18-11-15-5-3-4-6-17(15)20(25)23-18/h3-11,13H,12H2,1-2H3,(H,22,24)(H,23,25)/t13-/m1/s1. The summed E-state index contributed by atoms with van der Waals surface area (Å²) in [7, 11) is 1.58. The Balaban J connectivity index is 1.61. The van der Waals surface area contributed by atoms with Gasteiger partial charge in [0, 0.05) is 11.9 Å². The van der Waals surface area contributed by atoms with Crippen LogP contribution in [-0.2, 0) is 16.1 Å². The number of pyridine rings is 1. The molecule has 144 valence electrons. The summed E-state index contributed by atoms with van der Waals surface area (Å²) >= 11 is 0. The van der Waals surface area contributed by atoms with Crippen LogP contribution < -0.4 is 15.6 Å². The molecule has 0 bridgehead atoms. The predicted molar refractivity (Wildman–Crippen MR) is 104 cm³/mol. The van der Waals surface area contributed by atoms with E-state index < -0.39 is 18.0 Å². The maximum Gasteiger partial charge on any atom is 0.355 e. The summed E-state index contributed by atoms with van der Waals surface area (Å²) in [5.41, 5.74) is 0.492. The van der Waals surface area contributed by atoms with Gasteiger partial charge in [-0.2, -0.15) is 0 Å². The van der Waals surface area contributed by atoms with Gasteiger partial charge in [-0.1, -0.05) is 30.3 Å². The van der Waals surface area contributed by atoms with E-state index in [0.29, 0.717) is 10.8 Å². The van der Waals surface area contributed by atoms with Crippen molar-refractivity contribution in [3.63, 3.8) is 0 Å². The molecule has 7 heteroatoms. The third kappa shape index (κ3) is 4.37. The van der Waals surface area contributed by atoms with Gasteiger partial charge in [-0.25, -0.2) is 4.79 Å². The van der Waals surface area contributed by atoms with Gasteiger partial charge in [-0.05, 0) is 42.1 Å². The SMILES string of the molecule is COc1ccc(CNC(=O)[C@@H](C)OC(=O)c2cc3ccccc3c(=O)[nH]2)cc1. The zero-order valence-electron chi connectivity index (χ0n) is 15.5. The van der Waals surface area contributed by atoms with Crippen molar-refractivity contribution >= 4 is 22.6 Å². The number of hydrogen-bond donors (Lipinski definition) is 2. The lowest BCUT2D eigenvalue weighted by Crippen LogP contribution is -2.35. The molecule has 2 aromatic carbocycles. The smallest absolute Gasteiger partial charge is 0.355 e. The Morgan fingerprint density at radius 2 is 1.82 bits per heavy atom. The average molecular weight is 380 g/mol. The van der Waals surface area contributed by atoms with Gasteiger partial charge in [0.25, 0.3) is 11.5 Å². The van der Waals surface area contributed by atoms with Crippen molar-refractivity contribution in [2.24, 2.45) is 0 Å². The van der Waals surface area contributed by atoms with Crippen LogP contribution in [0.3, 0.4) is 0 Å². The third-order valence-electron chi connectivity index (χ3n) is 4.25. The molecule has 2 N–H and O–H groups in total. The highest BCUT2D eigenvalue weighted by Gasteiger charge is 2.20. The summed E-state index contributed by atoms with van der Waals surface area (Å²) in [6.07, 6.45) is -1.01. The van der Waals surface area contributed by atoms with Crippen molar-refractivity contribution in [3.8, 4) is 5.75 Å².